The zero-order valence-electron chi connectivity index (χ0n) is 11.4. The molecule has 2 nitrogen and oxygen atoms in total. The van der Waals surface area contributed by atoms with Gasteiger partial charge in [-0.25, -0.2) is 0 Å². The van der Waals surface area contributed by atoms with Gasteiger partial charge < -0.3 is 4.74 Å². The van der Waals surface area contributed by atoms with Crippen LogP contribution in [-0.4, -0.2) is 18.0 Å². The number of hydrogen-bond donors (Lipinski definition) is 0. The summed E-state index contributed by atoms with van der Waals surface area (Å²) in [6.45, 7) is 0.779. The summed E-state index contributed by atoms with van der Waals surface area (Å²) < 4.78 is 6.07. The molecule has 3 rings (SSSR count). The molecule has 0 aromatic carbocycles. The van der Waals surface area contributed by atoms with Crippen molar-refractivity contribution < 1.29 is 9.53 Å². The summed E-state index contributed by atoms with van der Waals surface area (Å²) in [5, 5.41) is 2.05. The molecule has 1 aromatic rings. The Labute approximate surface area is 119 Å². The molecule has 1 aliphatic heterocycles. The highest BCUT2D eigenvalue weighted by Crippen LogP contribution is 2.41. The van der Waals surface area contributed by atoms with Crippen LogP contribution in [0.1, 0.15) is 49.8 Å². The van der Waals surface area contributed by atoms with Gasteiger partial charge in [0.05, 0.1) is 5.60 Å². The predicted octanol–water partition coefficient (Wildman–Crippen LogP) is 3.99. The largest absolute Gasteiger partial charge is 0.375 e. The number of thiophene rings is 1. The maximum absolute atomic E-state index is 12.4. The molecule has 0 bridgehead atoms. The van der Waals surface area contributed by atoms with Gasteiger partial charge in [0, 0.05) is 23.8 Å². The SMILES string of the molecule is O=C(Cc1cccs1)C1CCOC2(CCCCC2)C1. The summed E-state index contributed by atoms with van der Waals surface area (Å²) in [6.07, 6.45) is 8.71. The number of carbonyl (C=O) groups is 1. The average Bonchev–Trinajstić information content (AvgIpc) is 2.92. The monoisotopic (exact) mass is 278 g/mol. The van der Waals surface area contributed by atoms with Crippen molar-refractivity contribution in [1.82, 2.24) is 0 Å². The second kappa shape index (κ2) is 5.76. The van der Waals surface area contributed by atoms with Crippen molar-refractivity contribution in [2.24, 2.45) is 5.92 Å². The number of rotatable bonds is 3. The predicted molar refractivity (Wildman–Crippen MR) is 77.5 cm³/mol. The van der Waals surface area contributed by atoms with Crippen molar-refractivity contribution in [3.63, 3.8) is 0 Å². The van der Waals surface area contributed by atoms with Crippen LogP contribution in [0, 0.1) is 5.92 Å². The first kappa shape index (κ1) is 13.3. The molecule has 1 atom stereocenters. The molecule has 1 unspecified atom stereocenters. The molecule has 0 N–H and O–H groups in total. The molecular weight excluding hydrogens is 256 g/mol. The van der Waals surface area contributed by atoms with Gasteiger partial charge >= 0.3 is 0 Å². The number of ether oxygens (including phenoxy) is 1. The Kier molecular flexibility index (Phi) is 4.04. The second-order valence-corrected chi connectivity index (χ2v) is 7.04. The van der Waals surface area contributed by atoms with Crippen LogP contribution >= 0.6 is 11.3 Å². The fraction of sp³-hybridized carbons (Fsp3) is 0.688. The topological polar surface area (TPSA) is 26.3 Å². The van der Waals surface area contributed by atoms with Crippen molar-refractivity contribution in [3.8, 4) is 0 Å². The van der Waals surface area contributed by atoms with Gasteiger partial charge in [-0.15, -0.1) is 11.3 Å². The fourth-order valence-electron chi connectivity index (χ4n) is 3.58. The molecule has 0 amide bonds. The maximum atomic E-state index is 12.4. The van der Waals surface area contributed by atoms with Crippen LogP contribution in [0.3, 0.4) is 0 Å². The number of carbonyl (C=O) groups excluding carboxylic acids is 1. The van der Waals surface area contributed by atoms with Gasteiger partial charge in [-0.2, -0.15) is 0 Å². The molecule has 2 heterocycles. The molecular formula is C16H22O2S. The molecule has 1 aromatic heterocycles. The van der Waals surface area contributed by atoms with E-state index in [0.29, 0.717) is 12.2 Å². The third-order valence-corrected chi connectivity index (χ3v) is 5.52. The highest BCUT2D eigenvalue weighted by atomic mass is 32.1. The Morgan fingerprint density at radius 1 is 1.37 bits per heavy atom. The maximum Gasteiger partial charge on any atom is 0.141 e. The average molecular weight is 278 g/mol. The lowest BCUT2D eigenvalue weighted by molar-refractivity contribution is -0.142. The minimum atomic E-state index is 0.0479. The van der Waals surface area contributed by atoms with Gasteiger partial charge in [0.25, 0.3) is 0 Å². The van der Waals surface area contributed by atoms with Gasteiger partial charge in [-0.3, -0.25) is 4.79 Å². The molecule has 2 aliphatic rings. The minimum Gasteiger partial charge on any atom is -0.375 e. The Balaban J connectivity index is 1.62. The summed E-state index contributed by atoms with van der Waals surface area (Å²) >= 11 is 1.69. The number of ketones is 1. The van der Waals surface area contributed by atoms with Crippen LogP contribution < -0.4 is 0 Å². The molecule has 1 saturated heterocycles. The zero-order chi connectivity index (χ0) is 13.1. The van der Waals surface area contributed by atoms with Crippen LogP contribution in [-0.2, 0) is 16.0 Å². The van der Waals surface area contributed by atoms with E-state index in [1.165, 1.54) is 24.1 Å². The smallest absolute Gasteiger partial charge is 0.141 e. The quantitative estimate of drug-likeness (QED) is 0.835. The van der Waals surface area contributed by atoms with Gasteiger partial charge in [-0.05, 0) is 37.1 Å². The normalized spacial score (nSPS) is 26.4. The van der Waals surface area contributed by atoms with Crippen LogP contribution in [0.25, 0.3) is 0 Å². The van der Waals surface area contributed by atoms with E-state index in [-0.39, 0.29) is 11.5 Å². The summed E-state index contributed by atoms with van der Waals surface area (Å²) in [6, 6.07) is 4.10. The highest BCUT2D eigenvalue weighted by molar-refractivity contribution is 7.10. The van der Waals surface area contributed by atoms with Crippen molar-refractivity contribution >= 4 is 17.1 Å². The van der Waals surface area contributed by atoms with Gasteiger partial charge in [-0.1, -0.05) is 25.3 Å². The molecule has 1 spiro atoms. The van der Waals surface area contributed by atoms with Gasteiger partial charge in [0.2, 0.25) is 0 Å². The summed E-state index contributed by atoms with van der Waals surface area (Å²) in [5.74, 6) is 0.657. The molecule has 1 saturated carbocycles. The van der Waals surface area contributed by atoms with Crippen LogP contribution in [0.4, 0.5) is 0 Å². The lowest BCUT2D eigenvalue weighted by Crippen LogP contribution is -2.43. The van der Waals surface area contributed by atoms with Gasteiger partial charge in [0.15, 0.2) is 0 Å². The van der Waals surface area contributed by atoms with Crippen molar-refractivity contribution in [1.29, 1.82) is 0 Å². The third-order valence-electron chi connectivity index (χ3n) is 4.64. The Morgan fingerprint density at radius 2 is 2.21 bits per heavy atom. The molecule has 104 valence electrons. The van der Waals surface area contributed by atoms with E-state index in [2.05, 4.69) is 11.4 Å². The van der Waals surface area contributed by atoms with E-state index >= 15 is 0 Å². The van der Waals surface area contributed by atoms with Crippen LogP contribution in [0.15, 0.2) is 17.5 Å². The summed E-state index contributed by atoms with van der Waals surface area (Å²) in [5.41, 5.74) is 0.0479. The highest BCUT2D eigenvalue weighted by Gasteiger charge is 2.40. The Morgan fingerprint density at radius 3 is 2.95 bits per heavy atom. The van der Waals surface area contributed by atoms with Crippen molar-refractivity contribution in [3.05, 3.63) is 22.4 Å². The van der Waals surface area contributed by atoms with Crippen molar-refractivity contribution in [2.75, 3.05) is 6.61 Å². The van der Waals surface area contributed by atoms with Crippen LogP contribution in [0.2, 0.25) is 0 Å². The number of Topliss-reactive ketones (excluding diaryl/α,β-unsaturated/α-hetero) is 1. The third kappa shape index (κ3) is 3.09. The lowest BCUT2D eigenvalue weighted by Gasteiger charge is -2.43. The standard InChI is InChI=1S/C16H22O2S/c17-15(11-14-5-4-10-19-14)13-6-9-18-16(12-13)7-2-1-3-8-16/h4-5,10,13H,1-3,6-9,11-12H2. The van der Waals surface area contributed by atoms with E-state index in [1.54, 1.807) is 11.3 Å². The summed E-state index contributed by atoms with van der Waals surface area (Å²) in [4.78, 5) is 13.6. The number of hydrogen-bond acceptors (Lipinski definition) is 3. The molecule has 0 radical (unpaired) electrons. The first-order valence-corrected chi connectivity index (χ1v) is 8.34. The van der Waals surface area contributed by atoms with E-state index in [0.717, 1.165) is 32.3 Å². The second-order valence-electron chi connectivity index (χ2n) is 6.00. The van der Waals surface area contributed by atoms with Gasteiger partial charge in [0.1, 0.15) is 5.78 Å². The first-order chi connectivity index (χ1) is 9.27. The minimum absolute atomic E-state index is 0.0479. The molecule has 3 heteroatoms. The van der Waals surface area contributed by atoms with Crippen LogP contribution in [0.5, 0.6) is 0 Å². The Hall–Kier alpha value is -0.670. The van der Waals surface area contributed by atoms with E-state index in [9.17, 15) is 4.79 Å². The fourth-order valence-corrected chi connectivity index (χ4v) is 4.29. The van der Waals surface area contributed by atoms with Crippen molar-refractivity contribution in [2.45, 2.75) is 57.0 Å². The Bertz CT molecular complexity index is 412. The van der Waals surface area contributed by atoms with E-state index < -0.39 is 0 Å². The lowest BCUT2D eigenvalue weighted by atomic mass is 9.74. The van der Waals surface area contributed by atoms with E-state index in [4.69, 9.17) is 4.74 Å². The molecule has 19 heavy (non-hydrogen) atoms. The zero-order valence-corrected chi connectivity index (χ0v) is 12.2. The summed E-state index contributed by atoms with van der Waals surface area (Å²) in [7, 11) is 0. The first-order valence-electron chi connectivity index (χ1n) is 7.47. The van der Waals surface area contributed by atoms with E-state index in [1.807, 2.05) is 6.07 Å². The molecule has 2 fully saturated rings. The molecule has 1 aliphatic carbocycles.